The zero-order valence-corrected chi connectivity index (χ0v) is 14.5. The molecule has 0 aromatic heterocycles. The minimum Gasteiger partial charge on any atom is -0.496 e. The molecule has 1 fully saturated rings. The van der Waals surface area contributed by atoms with Crippen LogP contribution in [0.1, 0.15) is 49.4 Å². The number of amides is 2. The van der Waals surface area contributed by atoms with Crippen LogP contribution in [0.2, 0.25) is 0 Å². The number of aromatic carboxylic acids is 1. The van der Waals surface area contributed by atoms with Crippen LogP contribution in [-0.4, -0.2) is 36.0 Å². The molecule has 25 heavy (non-hydrogen) atoms. The summed E-state index contributed by atoms with van der Waals surface area (Å²) in [6.07, 6.45) is 4.14. The van der Waals surface area contributed by atoms with Gasteiger partial charge in [0.15, 0.2) is 0 Å². The average Bonchev–Trinajstić information content (AvgIpc) is 3.08. The smallest absolute Gasteiger partial charge is 0.339 e. The number of rotatable bonds is 7. The van der Waals surface area contributed by atoms with Crippen LogP contribution in [-0.2, 0) is 9.59 Å². The molecule has 0 heterocycles. The number of benzene rings is 1. The highest BCUT2D eigenvalue weighted by molar-refractivity contribution is 5.95. The van der Waals surface area contributed by atoms with Crippen molar-refractivity contribution in [1.82, 2.24) is 5.32 Å². The summed E-state index contributed by atoms with van der Waals surface area (Å²) in [5, 5.41) is 14.6. The Morgan fingerprint density at radius 3 is 2.56 bits per heavy atom. The van der Waals surface area contributed by atoms with E-state index in [-0.39, 0.29) is 41.5 Å². The summed E-state index contributed by atoms with van der Waals surface area (Å²) in [7, 11) is 1.37. The van der Waals surface area contributed by atoms with Gasteiger partial charge < -0.3 is 20.5 Å². The van der Waals surface area contributed by atoms with Gasteiger partial charge in [0.05, 0.1) is 7.11 Å². The molecule has 1 aliphatic carbocycles. The molecule has 7 heteroatoms. The van der Waals surface area contributed by atoms with E-state index in [9.17, 15) is 14.4 Å². The van der Waals surface area contributed by atoms with Gasteiger partial charge in [-0.15, -0.1) is 0 Å². The van der Waals surface area contributed by atoms with E-state index in [1.807, 2.05) is 0 Å². The van der Waals surface area contributed by atoms with Gasteiger partial charge in [0.2, 0.25) is 11.8 Å². The molecule has 1 saturated carbocycles. The van der Waals surface area contributed by atoms with E-state index in [4.69, 9.17) is 9.84 Å². The van der Waals surface area contributed by atoms with E-state index in [1.54, 1.807) is 6.92 Å². The predicted octanol–water partition coefficient (Wildman–Crippen LogP) is 2.42. The molecule has 3 N–H and O–H groups in total. The summed E-state index contributed by atoms with van der Waals surface area (Å²) in [5.74, 6) is -1.10. The predicted molar refractivity (Wildman–Crippen MR) is 92.8 cm³/mol. The number of ether oxygens (including phenoxy) is 1. The van der Waals surface area contributed by atoms with Gasteiger partial charge >= 0.3 is 5.97 Å². The summed E-state index contributed by atoms with van der Waals surface area (Å²) >= 11 is 0. The van der Waals surface area contributed by atoms with E-state index in [2.05, 4.69) is 10.6 Å². The molecule has 0 aliphatic heterocycles. The Morgan fingerprint density at radius 1 is 1.28 bits per heavy atom. The van der Waals surface area contributed by atoms with Crippen molar-refractivity contribution in [2.45, 2.75) is 45.1 Å². The summed E-state index contributed by atoms with van der Waals surface area (Å²) < 4.78 is 5.03. The quantitative estimate of drug-likeness (QED) is 0.702. The lowest BCUT2D eigenvalue weighted by Crippen LogP contribution is -2.38. The molecule has 0 bridgehead atoms. The number of carbonyl (C=O) groups is 3. The van der Waals surface area contributed by atoms with Gasteiger partial charge in [-0.1, -0.05) is 12.8 Å². The molecule has 136 valence electrons. The summed E-state index contributed by atoms with van der Waals surface area (Å²) in [5.41, 5.74) is 0.471. The molecule has 1 aliphatic rings. The first-order valence-electron chi connectivity index (χ1n) is 8.42. The third kappa shape index (κ3) is 5.20. The van der Waals surface area contributed by atoms with Crippen molar-refractivity contribution >= 4 is 23.5 Å². The molecule has 2 amide bonds. The standard InChI is InChI=1S/C18H24N2O5/c1-11(19-17(22)12-5-3-4-6-12)9-16(21)20-13-7-8-14(18(23)24)15(10-13)25-2/h7-8,10-12H,3-6,9H2,1-2H3,(H,19,22)(H,20,21)(H,23,24). The van der Waals surface area contributed by atoms with Crippen LogP contribution in [0.25, 0.3) is 0 Å². The lowest BCUT2D eigenvalue weighted by molar-refractivity contribution is -0.125. The molecular formula is C18H24N2O5. The van der Waals surface area contributed by atoms with E-state index < -0.39 is 5.97 Å². The number of methoxy groups -OCH3 is 1. The number of nitrogens with one attached hydrogen (secondary N) is 2. The van der Waals surface area contributed by atoms with Crippen LogP contribution in [0.15, 0.2) is 18.2 Å². The fourth-order valence-corrected chi connectivity index (χ4v) is 3.04. The van der Waals surface area contributed by atoms with Crippen molar-refractivity contribution in [1.29, 1.82) is 0 Å². The second kappa shape index (κ2) is 8.50. The lowest BCUT2D eigenvalue weighted by atomic mass is 10.1. The fourth-order valence-electron chi connectivity index (χ4n) is 3.04. The highest BCUT2D eigenvalue weighted by atomic mass is 16.5. The van der Waals surface area contributed by atoms with Crippen LogP contribution in [0.5, 0.6) is 5.75 Å². The summed E-state index contributed by atoms with van der Waals surface area (Å²) in [4.78, 5) is 35.3. The SMILES string of the molecule is COc1cc(NC(=O)CC(C)NC(=O)C2CCCC2)ccc1C(=O)O. The minimum absolute atomic E-state index is 0.0188. The normalized spacial score (nSPS) is 15.4. The number of carbonyl (C=O) groups excluding carboxylic acids is 2. The number of hydrogen-bond donors (Lipinski definition) is 3. The van der Waals surface area contributed by atoms with Crippen molar-refractivity contribution in [3.05, 3.63) is 23.8 Å². The van der Waals surface area contributed by atoms with Crippen molar-refractivity contribution < 1.29 is 24.2 Å². The largest absolute Gasteiger partial charge is 0.496 e. The molecular weight excluding hydrogens is 324 g/mol. The first kappa shape index (κ1) is 18.8. The van der Waals surface area contributed by atoms with E-state index in [1.165, 1.54) is 25.3 Å². The van der Waals surface area contributed by atoms with Crippen molar-refractivity contribution in [2.75, 3.05) is 12.4 Å². The van der Waals surface area contributed by atoms with Crippen molar-refractivity contribution in [3.63, 3.8) is 0 Å². The van der Waals surface area contributed by atoms with Crippen LogP contribution in [0.4, 0.5) is 5.69 Å². The van der Waals surface area contributed by atoms with Crippen molar-refractivity contribution in [2.24, 2.45) is 5.92 Å². The topological polar surface area (TPSA) is 105 Å². The highest BCUT2D eigenvalue weighted by Crippen LogP contribution is 2.25. The van der Waals surface area contributed by atoms with Crippen molar-refractivity contribution in [3.8, 4) is 5.75 Å². The Labute approximate surface area is 146 Å². The molecule has 1 aromatic rings. The zero-order chi connectivity index (χ0) is 18.4. The monoisotopic (exact) mass is 348 g/mol. The van der Waals surface area contributed by atoms with Gasteiger partial charge in [-0.25, -0.2) is 4.79 Å². The first-order chi connectivity index (χ1) is 11.9. The third-order valence-corrected chi connectivity index (χ3v) is 4.32. The maximum absolute atomic E-state index is 12.1. The number of carboxylic acids is 1. The van der Waals surface area contributed by atoms with Crippen LogP contribution in [0, 0.1) is 5.92 Å². The Morgan fingerprint density at radius 2 is 1.96 bits per heavy atom. The highest BCUT2D eigenvalue weighted by Gasteiger charge is 2.24. The maximum Gasteiger partial charge on any atom is 0.339 e. The Balaban J connectivity index is 1.88. The first-order valence-corrected chi connectivity index (χ1v) is 8.42. The van der Waals surface area contributed by atoms with Crippen LogP contribution >= 0.6 is 0 Å². The minimum atomic E-state index is -1.10. The van der Waals surface area contributed by atoms with Gasteiger partial charge in [0.25, 0.3) is 0 Å². The van der Waals surface area contributed by atoms with E-state index in [0.29, 0.717) is 5.69 Å². The average molecular weight is 348 g/mol. The third-order valence-electron chi connectivity index (χ3n) is 4.32. The molecule has 2 rings (SSSR count). The van der Waals surface area contributed by atoms with Gasteiger partial charge in [0.1, 0.15) is 11.3 Å². The van der Waals surface area contributed by atoms with Crippen LogP contribution < -0.4 is 15.4 Å². The number of carboxylic acid groups (broad SMARTS) is 1. The molecule has 7 nitrogen and oxygen atoms in total. The number of hydrogen-bond acceptors (Lipinski definition) is 4. The lowest BCUT2D eigenvalue weighted by Gasteiger charge is -2.17. The Bertz CT molecular complexity index is 653. The molecule has 0 radical (unpaired) electrons. The molecule has 1 atom stereocenters. The maximum atomic E-state index is 12.1. The Hall–Kier alpha value is -2.57. The van der Waals surface area contributed by atoms with E-state index in [0.717, 1.165) is 25.7 Å². The van der Waals surface area contributed by atoms with Gasteiger partial charge in [-0.05, 0) is 31.9 Å². The molecule has 1 unspecified atom stereocenters. The van der Waals surface area contributed by atoms with Gasteiger partial charge in [-0.2, -0.15) is 0 Å². The van der Waals surface area contributed by atoms with E-state index >= 15 is 0 Å². The molecule has 0 saturated heterocycles. The van der Waals surface area contributed by atoms with Gasteiger partial charge in [-0.3, -0.25) is 9.59 Å². The van der Waals surface area contributed by atoms with Crippen LogP contribution in [0.3, 0.4) is 0 Å². The van der Waals surface area contributed by atoms with Gasteiger partial charge in [0, 0.05) is 30.1 Å². The second-order valence-electron chi connectivity index (χ2n) is 6.36. The second-order valence-corrected chi connectivity index (χ2v) is 6.36. The Kier molecular flexibility index (Phi) is 6.38. The molecule has 1 aromatic carbocycles. The number of anilines is 1. The zero-order valence-electron chi connectivity index (χ0n) is 14.5. The fraction of sp³-hybridized carbons (Fsp3) is 0.500. The summed E-state index contributed by atoms with van der Waals surface area (Å²) in [6, 6.07) is 4.07. The molecule has 0 spiro atoms. The summed E-state index contributed by atoms with van der Waals surface area (Å²) in [6.45, 7) is 1.79.